The van der Waals surface area contributed by atoms with Crippen LogP contribution in [-0.2, 0) is 4.79 Å². The predicted molar refractivity (Wildman–Crippen MR) is 107 cm³/mol. The largest absolute Gasteiger partial charge is 0.508 e. The first-order chi connectivity index (χ1) is 13.4. The van der Waals surface area contributed by atoms with Crippen molar-refractivity contribution in [2.45, 2.75) is 32.6 Å². The monoisotopic (exact) mass is 371 g/mol. The maximum atomic E-state index is 13.3. The van der Waals surface area contributed by atoms with E-state index in [4.69, 9.17) is 4.99 Å². The van der Waals surface area contributed by atoms with Crippen LogP contribution in [0, 0.1) is 11.3 Å². The van der Waals surface area contributed by atoms with Crippen LogP contribution in [0.15, 0.2) is 59.1 Å². The van der Waals surface area contributed by atoms with E-state index in [-0.39, 0.29) is 22.7 Å². The van der Waals surface area contributed by atoms with E-state index in [1.54, 1.807) is 18.2 Å². The molecule has 1 N–H and O–H groups in total. The second-order valence-electron chi connectivity index (χ2n) is 8.77. The Labute approximate surface area is 163 Å². The molecular weight excluding hydrogens is 350 g/mol. The molecule has 3 aliphatic rings. The van der Waals surface area contributed by atoms with Gasteiger partial charge < -0.3 is 5.11 Å². The van der Waals surface area contributed by atoms with Gasteiger partial charge in [0.25, 0.3) is 0 Å². The third kappa shape index (κ3) is 2.40. The molecule has 2 aromatic rings. The van der Waals surface area contributed by atoms with Crippen LogP contribution in [-0.4, -0.2) is 22.4 Å². The lowest BCUT2D eigenvalue weighted by Gasteiger charge is -2.40. The highest BCUT2D eigenvalue weighted by Gasteiger charge is 2.50. The molecule has 0 bridgehead atoms. The fraction of sp³-hybridized carbons (Fsp3) is 0.292. The van der Waals surface area contributed by atoms with Crippen molar-refractivity contribution < 1.29 is 14.7 Å². The summed E-state index contributed by atoms with van der Waals surface area (Å²) < 4.78 is 0. The number of rotatable bonds is 1. The van der Waals surface area contributed by atoms with E-state index >= 15 is 0 Å². The summed E-state index contributed by atoms with van der Waals surface area (Å²) in [4.78, 5) is 31.4. The second kappa shape index (κ2) is 5.74. The third-order valence-electron chi connectivity index (χ3n) is 6.07. The summed E-state index contributed by atoms with van der Waals surface area (Å²) >= 11 is 0. The van der Waals surface area contributed by atoms with Crippen LogP contribution >= 0.6 is 0 Å². The van der Waals surface area contributed by atoms with E-state index in [1.807, 2.05) is 30.3 Å². The van der Waals surface area contributed by atoms with Gasteiger partial charge in [-0.15, -0.1) is 0 Å². The lowest BCUT2D eigenvalue weighted by atomic mass is 9.63. The molecule has 2 atom stereocenters. The highest BCUT2D eigenvalue weighted by molar-refractivity contribution is 6.25. The van der Waals surface area contributed by atoms with Gasteiger partial charge in [0, 0.05) is 34.8 Å². The van der Waals surface area contributed by atoms with Gasteiger partial charge in [0.05, 0.1) is 11.6 Å². The van der Waals surface area contributed by atoms with Gasteiger partial charge in [-0.2, -0.15) is 0 Å². The van der Waals surface area contributed by atoms with Crippen molar-refractivity contribution >= 4 is 23.0 Å². The van der Waals surface area contributed by atoms with Crippen molar-refractivity contribution in [2.75, 3.05) is 0 Å². The Bertz CT molecular complexity index is 1110. The van der Waals surface area contributed by atoms with Gasteiger partial charge in [-0.1, -0.05) is 50.2 Å². The third-order valence-corrected chi connectivity index (χ3v) is 6.07. The SMILES string of the molecule is CC1(C)CC(=O)C2C(=NC3=C(C(=O)c4ccccc43)C2c2cccc(O)c2)C1. The van der Waals surface area contributed by atoms with Gasteiger partial charge >= 0.3 is 0 Å². The number of phenols is 1. The molecule has 2 unspecified atom stereocenters. The van der Waals surface area contributed by atoms with Crippen molar-refractivity contribution in [3.05, 3.63) is 70.8 Å². The maximum Gasteiger partial charge on any atom is 0.192 e. The van der Waals surface area contributed by atoms with E-state index in [9.17, 15) is 14.7 Å². The summed E-state index contributed by atoms with van der Waals surface area (Å²) in [5.41, 5.74) is 4.29. The van der Waals surface area contributed by atoms with Crippen LogP contribution in [0.5, 0.6) is 5.75 Å². The van der Waals surface area contributed by atoms with Crippen molar-refractivity contribution in [2.24, 2.45) is 16.3 Å². The van der Waals surface area contributed by atoms with Crippen LogP contribution < -0.4 is 0 Å². The molecule has 4 heteroatoms. The topological polar surface area (TPSA) is 66.7 Å². The quantitative estimate of drug-likeness (QED) is 0.800. The molecule has 0 amide bonds. The van der Waals surface area contributed by atoms with Crippen molar-refractivity contribution in [3.63, 3.8) is 0 Å². The second-order valence-corrected chi connectivity index (χ2v) is 8.77. The smallest absolute Gasteiger partial charge is 0.192 e. The van der Waals surface area contributed by atoms with E-state index in [0.717, 1.165) is 23.3 Å². The number of benzene rings is 2. The number of aliphatic imine (C=N–C) groups is 1. The van der Waals surface area contributed by atoms with E-state index in [1.165, 1.54) is 0 Å². The number of aromatic hydroxyl groups is 1. The molecule has 4 nitrogen and oxygen atoms in total. The minimum atomic E-state index is -0.438. The fourth-order valence-corrected chi connectivity index (χ4v) is 5.00. The Kier molecular flexibility index (Phi) is 3.51. The molecule has 1 aliphatic heterocycles. The number of nitrogens with zero attached hydrogens (tertiary/aromatic N) is 1. The number of hydrogen-bond donors (Lipinski definition) is 1. The van der Waals surface area contributed by atoms with Crippen molar-refractivity contribution in [3.8, 4) is 5.75 Å². The summed E-state index contributed by atoms with van der Waals surface area (Å²) in [5, 5.41) is 10.1. The maximum absolute atomic E-state index is 13.3. The molecule has 1 saturated carbocycles. The number of allylic oxidation sites excluding steroid dienone is 1. The first-order valence-corrected chi connectivity index (χ1v) is 9.63. The average Bonchev–Trinajstić information content (AvgIpc) is 2.92. The highest BCUT2D eigenvalue weighted by Crippen LogP contribution is 2.52. The molecule has 1 fully saturated rings. The van der Waals surface area contributed by atoms with Gasteiger partial charge in [0.2, 0.25) is 0 Å². The number of hydrogen-bond acceptors (Lipinski definition) is 4. The number of carbonyl (C=O) groups excluding carboxylic acids is 2. The molecule has 1 heterocycles. The van der Waals surface area contributed by atoms with Crippen LogP contribution in [0.25, 0.3) is 5.70 Å². The highest BCUT2D eigenvalue weighted by atomic mass is 16.3. The first-order valence-electron chi connectivity index (χ1n) is 9.63. The first kappa shape index (κ1) is 17.1. The van der Waals surface area contributed by atoms with Gasteiger partial charge in [0.1, 0.15) is 11.5 Å². The zero-order valence-electron chi connectivity index (χ0n) is 15.9. The predicted octanol–water partition coefficient (Wildman–Crippen LogP) is 4.54. The minimum Gasteiger partial charge on any atom is -0.508 e. The Hall–Kier alpha value is -3.01. The van der Waals surface area contributed by atoms with Gasteiger partial charge in [-0.05, 0) is 29.5 Å². The number of ketones is 2. The summed E-state index contributed by atoms with van der Waals surface area (Å²) in [6.45, 7) is 4.18. The molecular formula is C24H21NO3. The molecule has 2 aromatic carbocycles. The van der Waals surface area contributed by atoms with Crippen LogP contribution in [0.3, 0.4) is 0 Å². The van der Waals surface area contributed by atoms with Crippen LogP contribution in [0.2, 0.25) is 0 Å². The normalized spacial score (nSPS) is 25.1. The minimum absolute atomic E-state index is 0.0561. The zero-order valence-corrected chi connectivity index (χ0v) is 15.9. The molecule has 5 rings (SSSR count). The average molecular weight is 371 g/mol. The number of fused-ring (bicyclic) bond motifs is 3. The Morgan fingerprint density at radius 3 is 2.46 bits per heavy atom. The van der Waals surface area contributed by atoms with Crippen molar-refractivity contribution in [1.82, 2.24) is 0 Å². The molecule has 0 saturated heterocycles. The summed E-state index contributed by atoms with van der Waals surface area (Å²) in [6.07, 6.45) is 1.20. The summed E-state index contributed by atoms with van der Waals surface area (Å²) in [6, 6.07) is 14.4. The van der Waals surface area contributed by atoms with Gasteiger partial charge in [-0.3, -0.25) is 14.6 Å². The Balaban J connectivity index is 1.77. The molecule has 28 heavy (non-hydrogen) atoms. The van der Waals surface area contributed by atoms with Crippen LogP contribution in [0.1, 0.15) is 54.1 Å². The molecule has 0 radical (unpaired) electrons. The van der Waals surface area contributed by atoms with Gasteiger partial charge in [0.15, 0.2) is 5.78 Å². The number of Topliss-reactive ketones (excluding diaryl/α,β-unsaturated/α-hetero) is 2. The fourth-order valence-electron chi connectivity index (χ4n) is 5.00. The number of phenolic OH excluding ortho intramolecular Hbond substituents is 1. The Morgan fingerprint density at radius 1 is 0.964 bits per heavy atom. The Morgan fingerprint density at radius 2 is 1.71 bits per heavy atom. The van der Waals surface area contributed by atoms with E-state index in [0.29, 0.717) is 23.3 Å². The summed E-state index contributed by atoms with van der Waals surface area (Å²) in [7, 11) is 0. The molecule has 140 valence electrons. The van der Waals surface area contributed by atoms with Crippen molar-refractivity contribution in [1.29, 1.82) is 0 Å². The van der Waals surface area contributed by atoms with E-state index < -0.39 is 11.8 Å². The van der Waals surface area contributed by atoms with Crippen LogP contribution in [0.4, 0.5) is 0 Å². The van der Waals surface area contributed by atoms with E-state index in [2.05, 4.69) is 13.8 Å². The lowest BCUT2D eigenvalue weighted by Crippen LogP contribution is -2.43. The zero-order chi connectivity index (χ0) is 19.6. The van der Waals surface area contributed by atoms with Gasteiger partial charge in [-0.25, -0.2) is 0 Å². The standard InChI is InChI=1S/C24H21NO3/c1-24(2)11-17-20(18(27)12-24)19(13-6-5-7-14(26)10-13)21-22(25-17)15-8-3-4-9-16(15)23(21)28/h3-10,19-20,26H,11-12H2,1-2H3. The summed E-state index contributed by atoms with van der Waals surface area (Å²) in [5.74, 6) is -0.641. The lowest BCUT2D eigenvalue weighted by molar-refractivity contribution is -0.124. The number of carbonyl (C=O) groups is 2. The molecule has 2 aliphatic carbocycles. The molecule has 0 spiro atoms. The molecule has 0 aromatic heterocycles.